The number of carbonyl (C=O) groups excluding carboxylic acids is 1. The van der Waals surface area contributed by atoms with Crippen molar-refractivity contribution in [3.8, 4) is 24.7 Å². The molecule has 0 spiro atoms. The summed E-state index contributed by atoms with van der Waals surface area (Å²) in [4.78, 5) is 11.5. The smallest absolute Gasteiger partial charge is 0.332 e. The molecule has 0 unspecified atom stereocenters. The molecule has 0 saturated heterocycles. The van der Waals surface area contributed by atoms with Crippen LogP contribution in [0.4, 0.5) is 0 Å². The maximum absolute atomic E-state index is 12.0. The second-order valence-corrected chi connectivity index (χ2v) is 5.07. The Morgan fingerprint density at radius 1 is 1.16 bits per heavy atom. The first-order valence-corrected chi connectivity index (χ1v) is 6.47. The number of terminal acetylenes is 2. The van der Waals surface area contributed by atoms with Crippen LogP contribution in [0.3, 0.4) is 0 Å². The topological polar surface area (TPSA) is 76.2 Å². The highest BCUT2D eigenvalue weighted by atomic mass is 32.2. The zero-order valence-corrected chi connectivity index (χ0v) is 10.8. The third-order valence-corrected chi connectivity index (χ3v) is 3.66. The minimum atomic E-state index is -4.03. The summed E-state index contributed by atoms with van der Waals surface area (Å²) in [7, 11) is -4.03. The van der Waals surface area contributed by atoms with Gasteiger partial charge in [0.1, 0.15) is 26.7 Å². The first-order valence-electron chi connectivity index (χ1n) is 5.08. The van der Waals surface area contributed by atoms with Crippen molar-refractivity contribution < 1.29 is 22.7 Å². The summed E-state index contributed by atoms with van der Waals surface area (Å²) in [5.74, 6) is 3.65. The average Bonchev–Trinajstić information content (AvgIpc) is 2.36. The number of carbonyl (C=O) groups is 1. The number of hydrogen-bond acceptors (Lipinski definition) is 5. The van der Waals surface area contributed by atoms with E-state index in [0.717, 1.165) is 16.6 Å². The quantitative estimate of drug-likeness (QED) is 0.467. The van der Waals surface area contributed by atoms with Crippen LogP contribution < -0.4 is 0 Å². The van der Waals surface area contributed by atoms with Crippen molar-refractivity contribution in [2.45, 2.75) is 0 Å². The molecule has 0 fully saturated rings. The highest BCUT2D eigenvalue weighted by molar-refractivity contribution is 7.87. The minimum Gasteiger partial charge on any atom is -0.347 e. The van der Waals surface area contributed by atoms with Gasteiger partial charge in [-0.3, -0.25) is 4.79 Å². The van der Waals surface area contributed by atoms with Crippen LogP contribution in [0.15, 0.2) is 12.3 Å². The van der Waals surface area contributed by atoms with E-state index >= 15 is 0 Å². The summed E-state index contributed by atoms with van der Waals surface area (Å²) in [6, 6.07) is 0. The second-order valence-electron chi connectivity index (χ2n) is 3.26. The van der Waals surface area contributed by atoms with Crippen LogP contribution in [-0.4, -0.2) is 49.6 Å². The first kappa shape index (κ1) is 15.1. The highest BCUT2D eigenvalue weighted by Crippen LogP contribution is 2.15. The Balaban J connectivity index is 2.77. The fraction of sp³-hybridized carbons (Fsp3) is 0.364. The number of rotatable bonds is 6. The van der Waals surface area contributed by atoms with Gasteiger partial charge in [-0.25, -0.2) is 4.31 Å². The van der Waals surface area contributed by atoms with Crippen molar-refractivity contribution >= 4 is 16.1 Å². The first-order chi connectivity index (χ1) is 9.04. The monoisotopic (exact) mass is 284 g/mol. The molecule has 0 aromatic carbocycles. The lowest BCUT2D eigenvalue weighted by Crippen LogP contribution is -2.48. The van der Waals surface area contributed by atoms with Gasteiger partial charge in [0, 0.05) is 12.3 Å². The van der Waals surface area contributed by atoms with E-state index in [4.69, 9.17) is 22.3 Å². The highest BCUT2D eigenvalue weighted by Gasteiger charge is 2.34. The Labute approximate surface area is 111 Å². The third kappa shape index (κ3) is 3.73. The molecule has 8 heteroatoms. The van der Waals surface area contributed by atoms with Gasteiger partial charge in [-0.1, -0.05) is 11.8 Å². The Hall–Kier alpha value is -2.00. The summed E-state index contributed by atoms with van der Waals surface area (Å²) in [6.07, 6.45) is 12.1. The van der Waals surface area contributed by atoms with E-state index in [2.05, 4.69) is 11.8 Å². The summed E-state index contributed by atoms with van der Waals surface area (Å²) in [5, 5.41) is 0. The number of ether oxygens (including phenoxy) is 2. The van der Waals surface area contributed by atoms with E-state index in [-0.39, 0.29) is 19.9 Å². The summed E-state index contributed by atoms with van der Waals surface area (Å²) >= 11 is 0. The molecule has 0 atom stereocenters. The van der Waals surface area contributed by atoms with Gasteiger partial charge < -0.3 is 9.47 Å². The lowest BCUT2D eigenvalue weighted by Gasteiger charge is -2.30. The third-order valence-electron chi connectivity index (χ3n) is 2.00. The predicted octanol–water partition coefficient (Wildman–Crippen LogP) is -0.896. The van der Waals surface area contributed by atoms with E-state index in [9.17, 15) is 13.2 Å². The van der Waals surface area contributed by atoms with Crippen LogP contribution >= 0.6 is 0 Å². The maximum atomic E-state index is 12.0. The number of hydrogen-bond donors (Lipinski definition) is 0. The molecule has 7 nitrogen and oxygen atoms in total. The molecular formula is C11H12N2O5S. The molecule has 1 aliphatic rings. The van der Waals surface area contributed by atoms with Crippen LogP contribution in [0.1, 0.15) is 0 Å². The van der Waals surface area contributed by atoms with Crippen molar-refractivity contribution in [2.75, 3.05) is 26.7 Å². The Morgan fingerprint density at radius 3 is 2.32 bits per heavy atom. The maximum Gasteiger partial charge on any atom is 0.332 e. The standard InChI is InChI=1S/C11H12N2O5S/c1-3-7-17-9-12-6-5-11(14)13(19(12,15)16)10-18-8-4-2/h1-2,5-6H,7-10H2. The SMILES string of the molecule is C#CCOCN1C=CC(=O)N(COCC#C)S1(=O)=O. The summed E-state index contributed by atoms with van der Waals surface area (Å²) in [6.45, 7) is -0.888. The minimum absolute atomic E-state index is 0.0403. The number of amides is 1. The number of nitrogens with zero attached hydrogens (tertiary/aromatic N) is 2. The van der Waals surface area contributed by atoms with Crippen molar-refractivity contribution in [1.29, 1.82) is 0 Å². The van der Waals surface area contributed by atoms with Gasteiger partial charge in [0.2, 0.25) is 0 Å². The van der Waals surface area contributed by atoms with Crippen LogP contribution in [-0.2, 0) is 24.5 Å². The van der Waals surface area contributed by atoms with Crippen molar-refractivity contribution in [3.05, 3.63) is 12.3 Å². The average molecular weight is 284 g/mol. The molecule has 0 bridgehead atoms. The van der Waals surface area contributed by atoms with Crippen molar-refractivity contribution in [3.63, 3.8) is 0 Å². The molecule has 1 amide bonds. The largest absolute Gasteiger partial charge is 0.347 e. The molecule has 0 radical (unpaired) electrons. The van der Waals surface area contributed by atoms with E-state index in [1.54, 1.807) is 0 Å². The van der Waals surface area contributed by atoms with Crippen molar-refractivity contribution in [1.82, 2.24) is 8.61 Å². The van der Waals surface area contributed by atoms with Crippen LogP contribution in [0, 0.1) is 24.7 Å². The molecule has 1 aliphatic heterocycles. The predicted molar refractivity (Wildman–Crippen MR) is 66.0 cm³/mol. The van der Waals surface area contributed by atoms with Gasteiger partial charge in [0.15, 0.2) is 0 Å². The van der Waals surface area contributed by atoms with Gasteiger partial charge in [0.25, 0.3) is 5.91 Å². The van der Waals surface area contributed by atoms with Crippen LogP contribution in [0.2, 0.25) is 0 Å². The lowest BCUT2D eigenvalue weighted by molar-refractivity contribution is -0.125. The Kier molecular flexibility index (Phi) is 5.39. The molecule has 102 valence electrons. The van der Waals surface area contributed by atoms with Gasteiger partial charge >= 0.3 is 10.2 Å². The van der Waals surface area contributed by atoms with E-state index in [1.165, 1.54) is 0 Å². The van der Waals surface area contributed by atoms with Gasteiger partial charge in [-0.05, 0) is 0 Å². The molecule has 0 aliphatic carbocycles. The fourth-order valence-corrected chi connectivity index (χ4v) is 2.34. The van der Waals surface area contributed by atoms with Gasteiger partial charge in [-0.15, -0.1) is 12.8 Å². The van der Waals surface area contributed by atoms with E-state index in [1.807, 2.05) is 0 Å². The van der Waals surface area contributed by atoms with Crippen molar-refractivity contribution in [2.24, 2.45) is 0 Å². The lowest BCUT2D eigenvalue weighted by atomic mass is 10.5. The summed E-state index contributed by atoms with van der Waals surface area (Å²) in [5.41, 5.74) is 0. The molecule has 0 N–H and O–H groups in total. The molecule has 19 heavy (non-hydrogen) atoms. The van der Waals surface area contributed by atoms with Gasteiger partial charge in [-0.2, -0.15) is 12.7 Å². The zero-order chi connectivity index (χ0) is 14.3. The molecule has 0 aromatic heterocycles. The Morgan fingerprint density at radius 2 is 1.74 bits per heavy atom. The van der Waals surface area contributed by atoms with E-state index in [0.29, 0.717) is 4.31 Å². The molecule has 0 aromatic rings. The normalized spacial score (nSPS) is 17.1. The second kappa shape index (κ2) is 6.81. The van der Waals surface area contributed by atoms with Crippen LogP contribution in [0.5, 0.6) is 0 Å². The molecular weight excluding hydrogens is 272 g/mol. The van der Waals surface area contributed by atoms with Gasteiger partial charge in [0.05, 0.1) is 0 Å². The molecule has 1 rings (SSSR count). The van der Waals surface area contributed by atoms with Crippen LogP contribution in [0.25, 0.3) is 0 Å². The molecule has 1 heterocycles. The zero-order valence-electron chi connectivity index (χ0n) is 9.98. The summed E-state index contributed by atoms with van der Waals surface area (Å²) < 4.78 is 35.2. The van der Waals surface area contributed by atoms with E-state index < -0.39 is 22.8 Å². The molecule has 0 saturated carbocycles. The Bertz CT molecular complexity index is 540. The fourth-order valence-electron chi connectivity index (χ4n) is 1.17.